The molecule has 0 radical (unpaired) electrons. The standard InChI is InChI=1S/C14H22O/c1-10-6-11(2)8-13(7-10)14(4,5)9-12(3)15/h6-8,12,15H,9H2,1-5H3. The Kier molecular flexibility index (Phi) is 3.56. The van der Waals surface area contributed by atoms with Gasteiger partial charge in [-0.15, -0.1) is 0 Å². The average molecular weight is 206 g/mol. The number of hydrogen-bond donors (Lipinski definition) is 1. The van der Waals surface area contributed by atoms with Gasteiger partial charge in [0.15, 0.2) is 0 Å². The molecule has 0 bridgehead atoms. The highest BCUT2D eigenvalue weighted by atomic mass is 16.3. The normalized spacial score (nSPS) is 14.0. The summed E-state index contributed by atoms with van der Waals surface area (Å²) in [5.41, 5.74) is 3.96. The van der Waals surface area contributed by atoms with Crippen molar-refractivity contribution in [1.82, 2.24) is 0 Å². The van der Waals surface area contributed by atoms with E-state index < -0.39 is 0 Å². The highest BCUT2D eigenvalue weighted by Crippen LogP contribution is 2.29. The van der Waals surface area contributed by atoms with E-state index in [1.807, 2.05) is 6.92 Å². The molecule has 1 rings (SSSR count). The van der Waals surface area contributed by atoms with Crippen LogP contribution >= 0.6 is 0 Å². The minimum Gasteiger partial charge on any atom is -0.393 e. The molecule has 84 valence electrons. The van der Waals surface area contributed by atoms with Crippen LogP contribution < -0.4 is 0 Å². The lowest BCUT2D eigenvalue weighted by molar-refractivity contribution is 0.157. The monoisotopic (exact) mass is 206 g/mol. The zero-order valence-corrected chi connectivity index (χ0v) is 10.5. The summed E-state index contributed by atoms with van der Waals surface area (Å²) >= 11 is 0. The van der Waals surface area contributed by atoms with E-state index in [1.165, 1.54) is 16.7 Å². The Morgan fingerprint density at radius 2 is 1.60 bits per heavy atom. The van der Waals surface area contributed by atoms with E-state index >= 15 is 0 Å². The summed E-state index contributed by atoms with van der Waals surface area (Å²) < 4.78 is 0. The number of hydrogen-bond acceptors (Lipinski definition) is 1. The average Bonchev–Trinajstić information content (AvgIpc) is 1.99. The Morgan fingerprint density at radius 3 is 2.00 bits per heavy atom. The molecular formula is C14H22O. The highest BCUT2D eigenvalue weighted by molar-refractivity contribution is 5.33. The molecule has 1 atom stereocenters. The van der Waals surface area contributed by atoms with Crippen LogP contribution in [-0.2, 0) is 5.41 Å². The van der Waals surface area contributed by atoms with Gasteiger partial charge in [-0.2, -0.15) is 0 Å². The van der Waals surface area contributed by atoms with Crippen LogP contribution in [0.3, 0.4) is 0 Å². The summed E-state index contributed by atoms with van der Waals surface area (Å²) in [6.07, 6.45) is 0.552. The third-order valence-electron chi connectivity index (χ3n) is 2.81. The fraction of sp³-hybridized carbons (Fsp3) is 0.571. The fourth-order valence-electron chi connectivity index (χ4n) is 2.22. The van der Waals surface area contributed by atoms with Gasteiger partial charge in [-0.1, -0.05) is 43.2 Å². The van der Waals surface area contributed by atoms with Gasteiger partial charge < -0.3 is 5.11 Å². The summed E-state index contributed by atoms with van der Waals surface area (Å²) in [7, 11) is 0. The van der Waals surface area contributed by atoms with Gasteiger partial charge >= 0.3 is 0 Å². The summed E-state index contributed by atoms with van der Waals surface area (Å²) in [6, 6.07) is 6.62. The topological polar surface area (TPSA) is 20.2 Å². The summed E-state index contributed by atoms with van der Waals surface area (Å²) in [6.45, 7) is 10.5. The van der Waals surface area contributed by atoms with Crippen LogP contribution in [0.15, 0.2) is 18.2 Å². The molecule has 0 heterocycles. The van der Waals surface area contributed by atoms with Crippen molar-refractivity contribution >= 4 is 0 Å². The van der Waals surface area contributed by atoms with Crippen LogP contribution in [0.5, 0.6) is 0 Å². The first kappa shape index (κ1) is 12.3. The van der Waals surface area contributed by atoms with Gasteiger partial charge in [0.1, 0.15) is 0 Å². The lowest BCUT2D eigenvalue weighted by Crippen LogP contribution is -2.23. The van der Waals surface area contributed by atoms with Crippen molar-refractivity contribution in [3.8, 4) is 0 Å². The molecule has 0 amide bonds. The highest BCUT2D eigenvalue weighted by Gasteiger charge is 2.22. The molecule has 15 heavy (non-hydrogen) atoms. The minimum atomic E-state index is -0.249. The maximum absolute atomic E-state index is 9.49. The predicted molar refractivity (Wildman–Crippen MR) is 65.2 cm³/mol. The van der Waals surface area contributed by atoms with Crippen molar-refractivity contribution in [3.63, 3.8) is 0 Å². The molecule has 0 aliphatic heterocycles. The Morgan fingerprint density at radius 1 is 1.13 bits per heavy atom. The minimum absolute atomic E-state index is 0.0466. The van der Waals surface area contributed by atoms with Crippen molar-refractivity contribution in [2.75, 3.05) is 0 Å². The van der Waals surface area contributed by atoms with Crippen LogP contribution in [0.2, 0.25) is 0 Å². The number of aliphatic hydroxyl groups excluding tert-OH is 1. The zero-order chi connectivity index (χ0) is 11.6. The quantitative estimate of drug-likeness (QED) is 0.804. The van der Waals surface area contributed by atoms with Crippen molar-refractivity contribution < 1.29 is 5.11 Å². The van der Waals surface area contributed by atoms with Gasteiger partial charge in [0, 0.05) is 0 Å². The predicted octanol–water partition coefficient (Wildman–Crippen LogP) is 3.35. The van der Waals surface area contributed by atoms with Gasteiger partial charge in [-0.3, -0.25) is 0 Å². The van der Waals surface area contributed by atoms with Crippen LogP contribution in [0, 0.1) is 13.8 Å². The Bertz CT molecular complexity index is 317. The number of benzene rings is 1. The number of aryl methyl sites for hydroxylation is 2. The van der Waals surface area contributed by atoms with Crippen molar-refractivity contribution in [1.29, 1.82) is 0 Å². The van der Waals surface area contributed by atoms with Gasteiger partial charge in [-0.05, 0) is 38.2 Å². The number of aliphatic hydroxyl groups is 1. The molecule has 1 aromatic rings. The second kappa shape index (κ2) is 4.36. The van der Waals surface area contributed by atoms with Crippen LogP contribution in [0.4, 0.5) is 0 Å². The van der Waals surface area contributed by atoms with Crippen LogP contribution in [-0.4, -0.2) is 11.2 Å². The van der Waals surface area contributed by atoms with E-state index in [9.17, 15) is 5.11 Å². The molecule has 1 unspecified atom stereocenters. The first-order chi connectivity index (χ1) is 6.81. The molecule has 0 saturated heterocycles. The smallest absolute Gasteiger partial charge is 0.0520 e. The fourth-order valence-corrected chi connectivity index (χ4v) is 2.22. The van der Waals surface area contributed by atoms with E-state index in [4.69, 9.17) is 0 Å². The molecule has 0 aliphatic rings. The largest absolute Gasteiger partial charge is 0.393 e. The van der Waals surface area contributed by atoms with E-state index in [0.29, 0.717) is 0 Å². The Hall–Kier alpha value is -0.820. The number of rotatable bonds is 3. The molecule has 1 aromatic carbocycles. The molecule has 0 aliphatic carbocycles. The van der Waals surface area contributed by atoms with Crippen LogP contribution in [0.1, 0.15) is 43.9 Å². The van der Waals surface area contributed by atoms with Crippen molar-refractivity contribution in [2.24, 2.45) is 0 Å². The Balaban J connectivity index is 3.03. The molecule has 0 fully saturated rings. The molecule has 1 heteroatoms. The second-order valence-electron chi connectivity index (χ2n) is 5.31. The van der Waals surface area contributed by atoms with E-state index in [0.717, 1.165) is 6.42 Å². The lowest BCUT2D eigenvalue weighted by Gasteiger charge is -2.27. The maximum atomic E-state index is 9.49. The molecule has 0 spiro atoms. The third kappa shape index (κ3) is 3.35. The van der Waals surface area contributed by atoms with Gasteiger partial charge in [0.25, 0.3) is 0 Å². The van der Waals surface area contributed by atoms with Crippen LogP contribution in [0.25, 0.3) is 0 Å². The lowest BCUT2D eigenvalue weighted by atomic mass is 9.79. The van der Waals surface area contributed by atoms with Gasteiger partial charge in [0.05, 0.1) is 6.10 Å². The van der Waals surface area contributed by atoms with E-state index in [2.05, 4.69) is 45.9 Å². The molecule has 0 aromatic heterocycles. The van der Waals surface area contributed by atoms with E-state index in [-0.39, 0.29) is 11.5 Å². The van der Waals surface area contributed by atoms with Gasteiger partial charge in [-0.25, -0.2) is 0 Å². The molecular weight excluding hydrogens is 184 g/mol. The van der Waals surface area contributed by atoms with Gasteiger partial charge in [0.2, 0.25) is 0 Å². The SMILES string of the molecule is Cc1cc(C)cc(C(C)(C)CC(C)O)c1. The molecule has 1 N–H and O–H groups in total. The molecule has 1 nitrogen and oxygen atoms in total. The summed E-state index contributed by atoms with van der Waals surface area (Å²) in [5.74, 6) is 0. The first-order valence-electron chi connectivity index (χ1n) is 5.58. The third-order valence-corrected chi connectivity index (χ3v) is 2.81. The zero-order valence-electron chi connectivity index (χ0n) is 10.5. The summed E-state index contributed by atoms with van der Waals surface area (Å²) in [5, 5.41) is 9.49. The maximum Gasteiger partial charge on any atom is 0.0520 e. The van der Waals surface area contributed by atoms with Crippen molar-refractivity contribution in [2.45, 2.75) is 52.6 Å². The second-order valence-corrected chi connectivity index (χ2v) is 5.31. The van der Waals surface area contributed by atoms with E-state index in [1.54, 1.807) is 0 Å². The summed E-state index contributed by atoms with van der Waals surface area (Å²) in [4.78, 5) is 0. The van der Waals surface area contributed by atoms with Crippen molar-refractivity contribution in [3.05, 3.63) is 34.9 Å². The Labute approximate surface area is 93.1 Å². The first-order valence-corrected chi connectivity index (χ1v) is 5.58. The molecule has 0 saturated carbocycles.